The Balaban J connectivity index is 1.80. The van der Waals surface area contributed by atoms with Crippen LogP contribution in [-0.2, 0) is 32.6 Å². The van der Waals surface area contributed by atoms with Gasteiger partial charge >= 0.3 is 0 Å². The van der Waals surface area contributed by atoms with E-state index in [2.05, 4.69) is 5.32 Å². The highest BCUT2D eigenvalue weighted by Crippen LogP contribution is 2.27. The summed E-state index contributed by atoms with van der Waals surface area (Å²) in [5.41, 5.74) is 2.87. The minimum Gasteiger partial charge on any atom is -0.497 e. The van der Waals surface area contributed by atoms with E-state index < -0.39 is 28.5 Å². The van der Waals surface area contributed by atoms with Crippen molar-refractivity contribution in [1.82, 2.24) is 10.2 Å². The van der Waals surface area contributed by atoms with E-state index >= 15 is 0 Å². The average molecular weight is 662 g/mol. The molecule has 0 spiro atoms. The zero-order chi connectivity index (χ0) is 33.3. The number of halogens is 1. The van der Waals surface area contributed by atoms with Gasteiger partial charge < -0.3 is 15.0 Å². The van der Waals surface area contributed by atoms with Gasteiger partial charge in [-0.05, 0) is 79.9 Å². The lowest BCUT2D eigenvalue weighted by atomic mass is 10.0. The fourth-order valence-electron chi connectivity index (χ4n) is 4.90. The van der Waals surface area contributed by atoms with Crippen molar-refractivity contribution < 1.29 is 22.7 Å². The fraction of sp³-hybridized carbons (Fsp3) is 0.278. The van der Waals surface area contributed by atoms with Gasteiger partial charge in [0.1, 0.15) is 18.3 Å². The number of aryl methyl sites for hydroxylation is 1. The molecule has 0 aliphatic heterocycles. The number of anilines is 1. The largest absolute Gasteiger partial charge is 0.497 e. The number of nitrogens with zero attached hydrogens (tertiary/aromatic N) is 2. The van der Waals surface area contributed by atoms with Gasteiger partial charge in [-0.15, -0.1) is 0 Å². The number of sulfonamides is 1. The quantitative estimate of drug-likeness (QED) is 0.169. The van der Waals surface area contributed by atoms with Gasteiger partial charge in [-0.1, -0.05) is 78.7 Å². The molecule has 0 bridgehead atoms. The lowest BCUT2D eigenvalue weighted by molar-refractivity contribution is -0.140. The molecule has 0 fully saturated rings. The monoisotopic (exact) mass is 661 g/mol. The number of ether oxygens (including phenoxy) is 1. The predicted molar refractivity (Wildman–Crippen MR) is 183 cm³/mol. The second-order valence-electron chi connectivity index (χ2n) is 11.2. The first-order valence-electron chi connectivity index (χ1n) is 15.1. The third-order valence-electron chi connectivity index (χ3n) is 7.79. The topological polar surface area (TPSA) is 96.0 Å². The van der Waals surface area contributed by atoms with Crippen molar-refractivity contribution in [1.29, 1.82) is 0 Å². The number of methoxy groups -OCH3 is 1. The molecule has 2 atom stereocenters. The molecule has 0 saturated heterocycles. The van der Waals surface area contributed by atoms with Crippen molar-refractivity contribution in [3.8, 4) is 5.75 Å². The molecule has 4 aromatic rings. The highest BCUT2D eigenvalue weighted by atomic mass is 35.5. The van der Waals surface area contributed by atoms with Gasteiger partial charge in [-0.3, -0.25) is 13.9 Å². The van der Waals surface area contributed by atoms with Crippen LogP contribution >= 0.6 is 11.6 Å². The minimum atomic E-state index is -4.21. The van der Waals surface area contributed by atoms with E-state index in [4.69, 9.17) is 16.3 Å². The molecule has 2 amide bonds. The molecule has 2 unspecified atom stereocenters. The molecule has 242 valence electrons. The van der Waals surface area contributed by atoms with Crippen LogP contribution in [0.1, 0.15) is 37.0 Å². The van der Waals surface area contributed by atoms with E-state index in [0.717, 1.165) is 21.0 Å². The first-order chi connectivity index (χ1) is 22.0. The lowest BCUT2D eigenvalue weighted by Gasteiger charge is -2.34. The summed E-state index contributed by atoms with van der Waals surface area (Å²) in [5.74, 6) is -0.351. The van der Waals surface area contributed by atoms with E-state index in [9.17, 15) is 18.0 Å². The molecule has 4 aromatic carbocycles. The number of rotatable bonds is 14. The summed E-state index contributed by atoms with van der Waals surface area (Å²) in [7, 11) is -2.72. The van der Waals surface area contributed by atoms with Crippen LogP contribution in [0, 0.1) is 6.92 Å². The van der Waals surface area contributed by atoms with Gasteiger partial charge in [0.15, 0.2) is 0 Å². The molecular formula is C36H40ClN3O5S. The van der Waals surface area contributed by atoms with Crippen molar-refractivity contribution >= 4 is 39.1 Å². The lowest BCUT2D eigenvalue weighted by Crippen LogP contribution is -2.54. The second kappa shape index (κ2) is 15.8. The Morgan fingerprint density at radius 1 is 0.870 bits per heavy atom. The summed E-state index contributed by atoms with van der Waals surface area (Å²) in [6.07, 6.45) is 0.939. The average Bonchev–Trinajstić information content (AvgIpc) is 3.06. The molecule has 10 heteroatoms. The zero-order valence-corrected chi connectivity index (χ0v) is 28.1. The summed E-state index contributed by atoms with van der Waals surface area (Å²) in [5, 5.41) is 3.58. The van der Waals surface area contributed by atoms with Crippen LogP contribution in [-0.4, -0.2) is 50.9 Å². The number of carbonyl (C=O) groups is 2. The van der Waals surface area contributed by atoms with E-state index in [-0.39, 0.29) is 29.8 Å². The molecule has 1 N–H and O–H groups in total. The first-order valence-corrected chi connectivity index (χ1v) is 16.9. The Hall–Kier alpha value is -4.34. The fourth-order valence-corrected chi connectivity index (χ4v) is 6.44. The summed E-state index contributed by atoms with van der Waals surface area (Å²) in [6, 6.07) is 28.4. The third-order valence-corrected chi connectivity index (χ3v) is 9.83. The molecule has 8 nitrogen and oxygen atoms in total. The van der Waals surface area contributed by atoms with Crippen LogP contribution in [0.15, 0.2) is 108 Å². The van der Waals surface area contributed by atoms with Gasteiger partial charge in [0.2, 0.25) is 11.8 Å². The van der Waals surface area contributed by atoms with Crippen molar-refractivity contribution in [2.24, 2.45) is 0 Å². The highest BCUT2D eigenvalue weighted by Gasteiger charge is 2.35. The van der Waals surface area contributed by atoms with E-state index in [1.807, 2.05) is 51.1 Å². The summed E-state index contributed by atoms with van der Waals surface area (Å²) < 4.78 is 34.7. The van der Waals surface area contributed by atoms with E-state index in [0.29, 0.717) is 22.9 Å². The molecule has 46 heavy (non-hydrogen) atoms. The molecule has 0 saturated carbocycles. The Kier molecular flexibility index (Phi) is 11.8. The number of hydrogen-bond acceptors (Lipinski definition) is 5. The van der Waals surface area contributed by atoms with Crippen molar-refractivity contribution in [2.45, 2.75) is 57.1 Å². The van der Waals surface area contributed by atoms with Crippen molar-refractivity contribution in [2.75, 3.05) is 18.0 Å². The van der Waals surface area contributed by atoms with Crippen molar-refractivity contribution in [3.05, 3.63) is 125 Å². The Labute approximate surface area is 277 Å². The number of benzene rings is 4. The van der Waals surface area contributed by atoms with Crippen LogP contribution in [0.3, 0.4) is 0 Å². The number of nitrogens with one attached hydrogen (secondary N) is 1. The van der Waals surface area contributed by atoms with Gasteiger partial charge in [0.25, 0.3) is 10.0 Å². The molecule has 0 aromatic heterocycles. The maximum atomic E-state index is 14.5. The smallest absolute Gasteiger partial charge is 0.264 e. The maximum absolute atomic E-state index is 14.5. The molecule has 0 aliphatic carbocycles. The van der Waals surface area contributed by atoms with Crippen LogP contribution in [0.25, 0.3) is 0 Å². The van der Waals surface area contributed by atoms with Crippen molar-refractivity contribution in [3.63, 3.8) is 0 Å². The van der Waals surface area contributed by atoms with Gasteiger partial charge in [0, 0.05) is 24.0 Å². The summed E-state index contributed by atoms with van der Waals surface area (Å²) in [6.45, 7) is 5.30. The molecular weight excluding hydrogens is 622 g/mol. The zero-order valence-electron chi connectivity index (χ0n) is 26.5. The molecule has 0 radical (unpaired) electrons. The van der Waals surface area contributed by atoms with Crippen LogP contribution in [0.5, 0.6) is 5.75 Å². The standard InChI is InChI=1S/C36H40ClN3O5S/c1-5-27(3)38-36(42)34(23-28-9-7-6-8-10-28)39(24-29-13-15-30(37)16-14-29)35(41)25-40(31-17-11-26(2)12-18-31)46(43,44)33-21-19-32(45-4)20-22-33/h6-22,27,34H,5,23-25H2,1-4H3,(H,38,42). The van der Waals surface area contributed by atoms with Gasteiger partial charge in [-0.25, -0.2) is 8.42 Å². The predicted octanol–water partition coefficient (Wildman–Crippen LogP) is 6.41. The van der Waals surface area contributed by atoms with E-state index in [1.54, 1.807) is 60.7 Å². The highest BCUT2D eigenvalue weighted by molar-refractivity contribution is 7.92. The SMILES string of the molecule is CCC(C)NC(=O)C(Cc1ccccc1)N(Cc1ccc(Cl)cc1)C(=O)CN(c1ccc(C)cc1)S(=O)(=O)c1ccc(OC)cc1. The summed E-state index contributed by atoms with van der Waals surface area (Å²) in [4.78, 5) is 29.9. The first kappa shape index (κ1) is 34.5. The third kappa shape index (κ3) is 8.89. The molecule has 4 rings (SSSR count). The second-order valence-corrected chi connectivity index (χ2v) is 13.5. The minimum absolute atomic E-state index is 0.00118. The van der Waals surface area contributed by atoms with Gasteiger partial charge in [-0.2, -0.15) is 0 Å². The van der Waals surface area contributed by atoms with E-state index in [1.165, 1.54) is 24.1 Å². The van der Waals surface area contributed by atoms with Crippen LogP contribution in [0.2, 0.25) is 5.02 Å². The summed E-state index contributed by atoms with van der Waals surface area (Å²) >= 11 is 6.15. The maximum Gasteiger partial charge on any atom is 0.264 e. The number of hydrogen-bond donors (Lipinski definition) is 1. The van der Waals surface area contributed by atoms with Crippen LogP contribution in [0.4, 0.5) is 5.69 Å². The van der Waals surface area contributed by atoms with Gasteiger partial charge in [0.05, 0.1) is 17.7 Å². The molecule has 0 aliphatic rings. The Morgan fingerprint density at radius 2 is 1.50 bits per heavy atom. The number of amides is 2. The Bertz CT molecular complexity index is 1700. The Morgan fingerprint density at radius 3 is 2.09 bits per heavy atom. The normalized spacial score (nSPS) is 12.5. The molecule has 0 heterocycles. The van der Waals surface area contributed by atoms with Crippen LogP contribution < -0.4 is 14.4 Å². The number of carbonyl (C=O) groups excluding carboxylic acids is 2.